The smallest absolute Gasteiger partial charge is 0.122 e. The van der Waals surface area contributed by atoms with E-state index in [-0.39, 0.29) is 6.04 Å². The maximum absolute atomic E-state index is 5.81. The Morgan fingerprint density at radius 1 is 1.50 bits per heavy atom. The van der Waals surface area contributed by atoms with Crippen LogP contribution >= 0.6 is 0 Å². The quantitative estimate of drug-likeness (QED) is 0.606. The molecule has 1 aromatic rings. The first kappa shape index (κ1) is 12.6. The molecule has 86 valence electrons. The number of aryl methyl sites for hydroxylation is 1. The Bertz CT molecular complexity index is 377. The molecule has 0 radical (unpaired) electrons. The van der Waals surface area contributed by atoms with E-state index in [1.165, 1.54) is 5.56 Å². The van der Waals surface area contributed by atoms with Crippen LogP contribution in [0.4, 0.5) is 0 Å². The Balaban J connectivity index is 2.77. The fourth-order valence-corrected chi connectivity index (χ4v) is 1.58. The molecule has 1 unspecified atom stereocenters. The summed E-state index contributed by atoms with van der Waals surface area (Å²) in [6, 6.07) is 6.28. The van der Waals surface area contributed by atoms with Crippen molar-refractivity contribution in [2.45, 2.75) is 32.7 Å². The molecule has 0 heterocycles. The van der Waals surface area contributed by atoms with Crippen molar-refractivity contribution < 1.29 is 4.74 Å². The molecule has 0 saturated heterocycles. The van der Waals surface area contributed by atoms with E-state index in [0.717, 1.165) is 17.7 Å². The van der Waals surface area contributed by atoms with Crippen molar-refractivity contribution in [3.8, 4) is 18.1 Å². The lowest BCUT2D eigenvalue weighted by Gasteiger charge is -2.13. The van der Waals surface area contributed by atoms with Gasteiger partial charge in [-0.1, -0.05) is 17.7 Å². The maximum Gasteiger partial charge on any atom is 0.122 e. The van der Waals surface area contributed by atoms with Crippen LogP contribution in [-0.4, -0.2) is 12.6 Å². The number of rotatable bonds is 5. The summed E-state index contributed by atoms with van der Waals surface area (Å²) >= 11 is 0. The molecule has 0 bridgehead atoms. The van der Waals surface area contributed by atoms with Crippen LogP contribution in [0.3, 0.4) is 0 Å². The van der Waals surface area contributed by atoms with E-state index < -0.39 is 0 Å². The van der Waals surface area contributed by atoms with Gasteiger partial charge in [0.15, 0.2) is 0 Å². The van der Waals surface area contributed by atoms with Crippen molar-refractivity contribution in [2.24, 2.45) is 5.73 Å². The van der Waals surface area contributed by atoms with Gasteiger partial charge in [0.25, 0.3) is 0 Å². The van der Waals surface area contributed by atoms with Gasteiger partial charge in [-0.05, 0) is 31.9 Å². The molecule has 0 amide bonds. The third kappa shape index (κ3) is 3.96. The molecule has 0 fully saturated rings. The molecular weight excluding hydrogens is 198 g/mol. The number of nitrogens with two attached hydrogens (primary N) is 1. The van der Waals surface area contributed by atoms with E-state index in [1.807, 2.05) is 19.1 Å². The topological polar surface area (TPSA) is 35.2 Å². The van der Waals surface area contributed by atoms with E-state index in [1.54, 1.807) is 0 Å². The fraction of sp³-hybridized carbons (Fsp3) is 0.429. The predicted molar refractivity (Wildman–Crippen MR) is 67.5 cm³/mol. The minimum absolute atomic E-state index is 0.136. The maximum atomic E-state index is 5.81. The number of ether oxygens (including phenoxy) is 1. The van der Waals surface area contributed by atoms with Crippen molar-refractivity contribution >= 4 is 0 Å². The Labute approximate surface area is 97.8 Å². The number of benzene rings is 1. The molecule has 0 spiro atoms. The highest BCUT2D eigenvalue weighted by Crippen LogP contribution is 2.21. The zero-order valence-electron chi connectivity index (χ0n) is 9.99. The average molecular weight is 217 g/mol. The minimum atomic E-state index is 0.136. The lowest BCUT2D eigenvalue weighted by Crippen LogP contribution is -2.18. The van der Waals surface area contributed by atoms with Crippen molar-refractivity contribution in [1.29, 1.82) is 0 Å². The summed E-state index contributed by atoms with van der Waals surface area (Å²) in [5.41, 5.74) is 8.19. The molecule has 2 N–H and O–H groups in total. The zero-order valence-corrected chi connectivity index (χ0v) is 9.99. The minimum Gasteiger partial charge on any atom is -0.492 e. The zero-order chi connectivity index (χ0) is 12.0. The molecule has 1 atom stereocenters. The van der Waals surface area contributed by atoms with Gasteiger partial charge in [0, 0.05) is 12.5 Å². The molecule has 0 saturated carbocycles. The van der Waals surface area contributed by atoms with Crippen molar-refractivity contribution in [3.05, 3.63) is 29.3 Å². The highest BCUT2D eigenvalue weighted by molar-refractivity contribution is 5.37. The highest BCUT2D eigenvalue weighted by atomic mass is 16.5. The number of terminal acetylenes is 1. The Morgan fingerprint density at radius 3 is 2.88 bits per heavy atom. The van der Waals surface area contributed by atoms with Gasteiger partial charge in [-0.3, -0.25) is 0 Å². The Kier molecular flexibility index (Phi) is 4.88. The van der Waals surface area contributed by atoms with Crippen LogP contribution in [0.15, 0.2) is 18.2 Å². The normalized spacial score (nSPS) is 11.9. The van der Waals surface area contributed by atoms with Crippen molar-refractivity contribution in [3.63, 3.8) is 0 Å². The second-order valence-electron chi connectivity index (χ2n) is 4.10. The van der Waals surface area contributed by atoms with Crippen LogP contribution in [0.1, 0.15) is 24.5 Å². The second kappa shape index (κ2) is 6.19. The van der Waals surface area contributed by atoms with E-state index in [2.05, 4.69) is 18.9 Å². The third-order valence-corrected chi connectivity index (χ3v) is 2.26. The Morgan fingerprint density at radius 2 is 2.25 bits per heavy atom. The van der Waals surface area contributed by atoms with E-state index >= 15 is 0 Å². The predicted octanol–water partition coefficient (Wildman–Crippen LogP) is 2.29. The molecule has 0 aromatic heterocycles. The standard InChI is InChI=1S/C14H19NO/c1-4-5-8-16-14-7-6-11(2)9-13(14)10-12(3)15/h1,6-7,9,12H,5,8,10,15H2,2-3H3. The van der Waals surface area contributed by atoms with Crippen LogP contribution in [0.5, 0.6) is 5.75 Å². The van der Waals surface area contributed by atoms with Gasteiger partial charge in [0.1, 0.15) is 5.75 Å². The summed E-state index contributed by atoms with van der Waals surface area (Å²) in [6.45, 7) is 4.62. The molecular formula is C14H19NO. The van der Waals surface area contributed by atoms with Gasteiger partial charge in [-0.2, -0.15) is 0 Å². The molecule has 16 heavy (non-hydrogen) atoms. The average Bonchev–Trinajstić information content (AvgIpc) is 2.20. The summed E-state index contributed by atoms with van der Waals surface area (Å²) in [7, 11) is 0. The monoisotopic (exact) mass is 217 g/mol. The second-order valence-corrected chi connectivity index (χ2v) is 4.10. The summed E-state index contributed by atoms with van der Waals surface area (Å²) < 4.78 is 5.64. The number of hydrogen-bond acceptors (Lipinski definition) is 2. The Hall–Kier alpha value is -1.46. The van der Waals surface area contributed by atoms with Gasteiger partial charge >= 0.3 is 0 Å². The van der Waals surface area contributed by atoms with Crippen LogP contribution in [0, 0.1) is 19.3 Å². The largest absolute Gasteiger partial charge is 0.492 e. The molecule has 0 aliphatic rings. The first-order chi connectivity index (χ1) is 7.63. The van der Waals surface area contributed by atoms with Gasteiger partial charge in [-0.15, -0.1) is 12.3 Å². The lowest BCUT2D eigenvalue weighted by molar-refractivity contribution is 0.323. The van der Waals surface area contributed by atoms with E-state index in [0.29, 0.717) is 13.0 Å². The number of hydrogen-bond donors (Lipinski definition) is 1. The third-order valence-electron chi connectivity index (χ3n) is 2.26. The van der Waals surface area contributed by atoms with Gasteiger partial charge in [0.2, 0.25) is 0 Å². The van der Waals surface area contributed by atoms with Crippen LogP contribution in [0.25, 0.3) is 0 Å². The summed E-state index contributed by atoms with van der Waals surface area (Å²) in [4.78, 5) is 0. The molecule has 1 rings (SSSR count). The fourth-order valence-electron chi connectivity index (χ4n) is 1.58. The van der Waals surface area contributed by atoms with Gasteiger partial charge < -0.3 is 10.5 Å². The van der Waals surface area contributed by atoms with Crippen LogP contribution < -0.4 is 10.5 Å². The van der Waals surface area contributed by atoms with Crippen molar-refractivity contribution in [2.75, 3.05) is 6.61 Å². The first-order valence-electron chi connectivity index (χ1n) is 5.55. The molecule has 0 aliphatic carbocycles. The van der Waals surface area contributed by atoms with Crippen LogP contribution in [0.2, 0.25) is 0 Å². The van der Waals surface area contributed by atoms with Crippen molar-refractivity contribution in [1.82, 2.24) is 0 Å². The summed E-state index contributed by atoms with van der Waals surface area (Å²) in [5, 5.41) is 0. The summed E-state index contributed by atoms with van der Waals surface area (Å²) in [5.74, 6) is 3.46. The summed E-state index contributed by atoms with van der Waals surface area (Å²) in [6.07, 6.45) is 6.64. The van der Waals surface area contributed by atoms with E-state index in [9.17, 15) is 0 Å². The first-order valence-corrected chi connectivity index (χ1v) is 5.55. The SMILES string of the molecule is C#CCCOc1ccc(C)cc1CC(C)N. The van der Waals surface area contributed by atoms with Gasteiger partial charge in [-0.25, -0.2) is 0 Å². The van der Waals surface area contributed by atoms with Gasteiger partial charge in [0.05, 0.1) is 6.61 Å². The highest BCUT2D eigenvalue weighted by Gasteiger charge is 2.06. The molecule has 2 heteroatoms. The molecule has 1 aromatic carbocycles. The molecule has 0 aliphatic heterocycles. The lowest BCUT2D eigenvalue weighted by atomic mass is 10.0. The molecule has 2 nitrogen and oxygen atoms in total. The van der Waals surface area contributed by atoms with E-state index in [4.69, 9.17) is 16.9 Å². The van der Waals surface area contributed by atoms with Crippen LogP contribution in [-0.2, 0) is 6.42 Å².